The molecule has 0 aliphatic heterocycles. The lowest BCUT2D eigenvalue weighted by Gasteiger charge is -2.09. The summed E-state index contributed by atoms with van der Waals surface area (Å²) >= 11 is 3.26. The summed E-state index contributed by atoms with van der Waals surface area (Å²) in [5.74, 6) is 1.18. The second-order valence-corrected chi connectivity index (χ2v) is 4.89. The quantitative estimate of drug-likeness (QED) is 0.802. The average molecular weight is 325 g/mol. The zero-order valence-electron chi connectivity index (χ0n) is 10.5. The number of hydrogen-bond donors (Lipinski definition) is 0. The molecule has 4 heteroatoms. The van der Waals surface area contributed by atoms with Crippen LogP contribution < -0.4 is 9.47 Å². The van der Waals surface area contributed by atoms with Gasteiger partial charge in [0.15, 0.2) is 0 Å². The Balaban J connectivity index is 2.03. The monoisotopic (exact) mass is 324 g/mol. The van der Waals surface area contributed by atoms with Gasteiger partial charge in [-0.05, 0) is 42.8 Å². The van der Waals surface area contributed by atoms with Crippen LogP contribution in [0.3, 0.4) is 0 Å². The summed E-state index contributed by atoms with van der Waals surface area (Å²) in [6.45, 7) is 2.85. The molecule has 0 saturated heterocycles. The van der Waals surface area contributed by atoms with Gasteiger partial charge in [-0.15, -0.1) is 0 Å². The molecule has 0 aromatic heterocycles. The summed E-state index contributed by atoms with van der Waals surface area (Å²) < 4.78 is 24.9. The first-order valence-corrected chi connectivity index (χ1v) is 6.77. The molecule has 0 unspecified atom stereocenters. The van der Waals surface area contributed by atoms with Crippen molar-refractivity contribution in [3.63, 3.8) is 0 Å². The summed E-state index contributed by atoms with van der Waals surface area (Å²) in [6, 6.07) is 12.1. The van der Waals surface area contributed by atoms with Crippen LogP contribution in [0.5, 0.6) is 11.5 Å². The Kier molecular flexibility index (Phi) is 4.80. The van der Waals surface area contributed by atoms with Crippen molar-refractivity contribution in [3.8, 4) is 11.5 Å². The molecule has 100 valence electrons. The maximum atomic E-state index is 13.2. The van der Waals surface area contributed by atoms with E-state index >= 15 is 0 Å². The Morgan fingerprint density at radius 2 is 1.79 bits per heavy atom. The van der Waals surface area contributed by atoms with Crippen molar-refractivity contribution in [3.05, 3.63) is 58.3 Å². The molecule has 2 aromatic rings. The van der Waals surface area contributed by atoms with Gasteiger partial charge in [0.25, 0.3) is 0 Å². The normalized spacial score (nSPS) is 10.3. The molecule has 0 spiro atoms. The zero-order valence-corrected chi connectivity index (χ0v) is 12.1. The van der Waals surface area contributed by atoms with E-state index in [1.807, 2.05) is 37.3 Å². The van der Waals surface area contributed by atoms with Crippen molar-refractivity contribution in [2.24, 2.45) is 0 Å². The molecule has 0 N–H and O–H groups in total. The number of hydrogen-bond acceptors (Lipinski definition) is 2. The first kappa shape index (κ1) is 13.9. The standard InChI is InChI=1S/C15H14BrFO2/c1-2-18-14-4-3-5-15(9-14)19-10-11-6-12(16)8-13(17)7-11/h3-9H,2,10H2,1H3. The molecule has 0 radical (unpaired) electrons. The predicted molar refractivity (Wildman–Crippen MR) is 76.0 cm³/mol. The summed E-state index contributed by atoms with van der Waals surface area (Å²) in [7, 11) is 0. The van der Waals surface area contributed by atoms with E-state index in [-0.39, 0.29) is 5.82 Å². The summed E-state index contributed by atoms with van der Waals surface area (Å²) in [5.41, 5.74) is 0.772. The number of rotatable bonds is 5. The Labute approximate surface area is 120 Å². The highest BCUT2D eigenvalue weighted by Crippen LogP contribution is 2.21. The van der Waals surface area contributed by atoms with Crippen LogP contribution in [-0.4, -0.2) is 6.61 Å². The lowest BCUT2D eigenvalue weighted by Crippen LogP contribution is -1.97. The lowest BCUT2D eigenvalue weighted by atomic mass is 10.2. The van der Waals surface area contributed by atoms with Gasteiger partial charge >= 0.3 is 0 Å². The van der Waals surface area contributed by atoms with Crippen molar-refractivity contribution in [1.82, 2.24) is 0 Å². The van der Waals surface area contributed by atoms with E-state index in [1.54, 1.807) is 0 Å². The summed E-state index contributed by atoms with van der Waals surface area (Å²) in [4.78, 5) is 0. The lowest BCUT2D eigenvalue weighted by molar-refractivity contribution is 0.299. The van der Waals surface area contributed by atoms with Gasteiger partial charge in [-0.25, -0.2) is 4.39 Å². The molecule has 0 atom stereocenters. The fourth-order valence-electron chi connectivity index (χ4n) is 1.68. The summed E-state index contributed by atoms with van der Waals surface area (Å²) in [6.07, 6.45) is 0. The Morgan fingerprint density at radius 3 is 2.47 bits per heavy atom. The maximum Gasteiger partial charge on any atom is 0.124 e. The molecule has 0 saturated carbocycles. The second kappa shape index (κ2) is 6.57. The SMILES string of the molecule is CCOc1cccc(OCc2cc(F)cc(Br)c2)c1. The minimum Gasteiger partial charge on any atom is -0.494 e. The van der Waals surface area contributed by atoms with Gasteiger partial charge in [0.05, 0.1) is 6.61 Å². The van der Waals surface area contributed by atoms with Gasteiger partial charge in [0.1, 0.15) is 23.9 Å². The molecule has 0 amide bonds. The topological polar surface area (TPSA) is 18.5 Å². The molecule has 2 aromatic carbocycles. The van der Waals surface area contributed by atoms with Crippen LogP contribution in [0.25, 0.3) is 0 Å². The number of halogens is 2. The van der Waals surface area contributed by atoms with Gasteiger partial charge < -0.3 is 9.47 Å². The Hall–Kier alpha value is -1.55. The van der Waals surface area contributed by atoms with Crippen molar-refractivity contribution < 1.29 is 13.9 Å². The van der Waals surface area contributed by atoms with Crippen molar-refractivity contribution in [2.45, 2.75) is 13.5 Å². The second-order valence-electron chi connectivity index (χ2n) is 3.97. The van der Waals surface area contributed by atoms with E-state index in [4.69, 9.17) is 9.47 Å². The molecule has 0 fully saturated rings. The third kappa shape index (κ3) is 4.24. The van der Waals surface area contributed by atoms with Crippen LogP contribution >= 0.6 is 15.9 Å². The summed E-state index contributed by atoms with van der Waals surface area (Å²) in [5, 5.41) is 0. The van der Waals surface area contributed by atoms with Crippen LogP contribution in [0.15, 0.2) is 46.9 Å². The van der Waals surface area contributed by atoms with E-state index in [0.29, 0.717) is 23.4 Å². The average Bonchev–Trinajstić information content (AvgIpc) is 2.36. The number of ether oxygens (including phenoxy) is 2. The van der Waals surface area contributed by atoms with Gasteiger partial charge in [-0.1, -0.05) is 22.0 Å². The van der Waals surface area contributed by atoms with Crippen molar-refractivity contribution in [2.75, 3.05) is 6.61 Å². The molecule has 0 heterocycles. The molecular weight excluding hydrogens is 311 g/mol. The molecule has 2 nitrogen and oxygen atoms in total. The molecular formula is C15H14BrFO2. The first-order chi connectivity index (χ1) is 9.17. The van der Waals surface area contributed by atoms with Crippen LogP contribution in [0.1, 0.15) is 12.5 Å². The molecule has 0 aliphatic rings. The molecule has 0 aliphatic carbocycles. The highest BCUT2D eigenvalue weighted by Gasteiger charge is 2.02. The first-order valence-electron chi connectivity index (χ1n) is 5.98. The van der Waals surface area contributed by atoms with Crippen LogP contribution in [0.4, 0.5) is 4.39 Å². The van der Waals surface area contributed by atoms with Gasteiger partial charge in [-0.2, -0.15) is 0 Å². The molecule has 19 heavy (non-hydrogen) atoms. The van der Waals surface area contributed by atoms with Gasteiger partial charge in [0.2, 0.25) is 0 Å². The Morgan fingerprint density at radius 1 is 1.05 bits per heavy atom. The van der Waals surface area contributed by atoms with E-state index in [1.165, 1.54) is 12.1 Å². The van der Waals surface area contributed by atoms with E-state index in [2.05, 4.69) is 15.9 Å². The predicted octanol–water partition coefficient (Wildman–Crippen LogP) is 4.57. The van der Waals surface area contributed by atoms with Gasteiger partial charge in [-0.3, -0.25) is 0 Å². The minimum absolute atomic E-state index is 0.281. The largest absolute Gasteiger partial charge is 0.494 e. The fourth-order valence-corrected chi connectivity index (χ4v) is 2.19. The van der Waals surface area contributed by atoms with Crippen molar-refractivity contribution >= 4 is 15.9 Å². The van der Waals surface area contributed by atoms with Crippen LogP contribution in [-0.2, 0) is 6.61 Å². The van der Waals surface area contributed by atoms with E-state index in [0.717, 1.165) is 11.3 Å². The maximum absolute atomic E-state index is 13.2. The van der Waals surface area contributed by atoms with Crippen molar-refractivity contribution in [1.29, 1.82) is 0 Å². The van der Waals surface area contributed by atoms with Gasteiger partial charge in [0, 0.05) is 10.5 Å². The van der Waals surface area contributed by atoms with Crippen LogP contribution in [0, 0.1) is 5.82 Å². The third-order valence-electron chi connectivity index (χ3n) is 2.44. The number of benzene rings is 2. The third-order valence-corrected chi connectivity index (χ3v) is 2.90. The fraction of sp³-hybridized carbons (Fsp3) is 0.200. The molecule has 0 bridgehead atoms. The highest BCUT2D eigenvalue weighted by atomic mass is 79.9. The smallest absolute Gasteiger partial charge is 0.124 e. The van der Waals surface area contributed by atoms with E-state index in [9.17, 15) is 4.39 Å². The highest BCUT2D eigenvalue weighted by molar-refractivity contribution is 9.10. The Bertz CT molecular complexity index is 537. The zero-order chi connectivity index (χ0) is 13.7. The molecule has 2 rings (SSSR count). The van der Waals surface area contributed by atoms with E-state index < -0.39 is 0 Å². The van der Waals surface area contributed by atoms with Crippen LogP contribution in [0.2, 0.25) is 0 Å². The minimum atomic E-state index is -0.281.